The van der Waals surface area contributed by atoms with Crippen molar-refractivity contribution in [3.8, 4) is 0 Å². The first-order chi connectivity index (χ1) is 17.1. The lowest BCUT2D eigenvalue weighted by atomic mass is 10.0. The topological polar surface area (TPSA) is 211 Å². The summed E-state index contributed by atoms with van der Waals surface area (Å²) in [4.78, 5) is 71.9. The molecule has 0 unspecified atom stereocenters. The van der Waals surface area contributed by atoms with Crippen molar-refractivity contribution in [2.45, 2.75) is 62.7 Å². The monoisotopic (exact) mass is 506 g/mol. The number of hydrogen-bond donors (Lipinski definition) is 7. The number of benzene rings is 1. The summed E-state index contributed by atoms with van der Waals surface area (Å²) in [6, 6.07) is 3.92. The fourth-order valence-corrected chi connectivity index (χ4v) is 3.70. The standard InChI is InChI=1S/C23H30N4O9/c28-18(29)9-8-15(21(33)27-17(23(35)36)12-19(30)31)25-22(34)16(11-13-5-2-1-3-6-13)26-20(32)14-7-4-10-24-14/h1-3,5-6,14-17,24H,4,7-12H2,(H,25,34)(H,26,32)(H,27,33)(H,28,29)(H,30,31)(H,35,36)/t14-,15-,16-,17-/m0/s1. The second-order valence-corrected chi connectivity index (χ2v) is 8.39. The zero-order valence-electron chi connectivity index (χ0n) is 19.4. The van der Waals surface area contributed by atoms with Gasteiger partial charge in [0.05, 0.1) is 12.5 Å². The number of carbonyl (C=O) groups is 6. The Hall–Kier alpha value is -4.00. The van der Waals surface area contributed by atoms with Crippen LogP contribution in [-0.4, -0.2) is 81.7 Å². The molecular formula is C23H30N4O9. The molecule has 0 bridgehead atoms. The molecule has 0 spiro atoms. The summed E-state index contributed by atoms with van der Waals surface area (Å²) in [6.07, 6.45) is -0.363. The molecule has 36 heavy (non-hydrogen) atoms. The molecular weight excluding hydrogens is 476 g/mol. The van der Waals surface area contributed by atoms with E-state index in [0.29, 0.717) is 13.0 Å². The lowest BCUT2D eigenvalue weighted by Gasteiger charge is -2.25. The van der Waals surface area contributed by atoms with Gasteiger partial charge >= 0.3 is 17.9 Å². The minimum atomic E-state index is -1.78. The molecule has 13 nitrogen and oxygen atoms in total. The number of rotatable bonds is 14. The minimum Gasteiger partial charge on any atom is -0.481 e. The molecule has 1 aliphatic rings. The number of amides is 3. The van der Waals surface area contributed by atoms with Gasteiger partial charge in [-0.05, 0) is 31.4 Å². The van der Waals surface area contributed by atoms with Crippen LogP contribution in [0.2, 0.25) is 0 Å². The van der Waals surface area contributed by atoms with Gasteiger partial charge in [-0.1, -0.05) is 30.3 Å². The van der Waals surface area contributed by atoms with Crippen LogP contribution in [0.25, 0.3) is 0 Å². The number of carboxylic acid groups (broad SMARTS) is 3. The van der Waals surface area contributed by atoms with E-state index in [1.807, 2.05) is 5.32 Å². The van der Waals surface area contributed by atoms with E-state index in [-0.39, 0.29) is 12.8 Å². The van der Waals surface area contributed by atoms with Crippen LogP contribution in [0.1, 0.15) is 37.7 Å². The molecule has 0 aromatic heterocycles. The van der Waals surface area contributed by atoms with Crippen LogP contribution in [0.15, 0.2) is 30.3 Å². The molecule has 1 saturated heterocycles. The van der Waals surface area contributed by atoms with Crippen molar-refractivity contribution in [3.05, 3.63) is 35.9 Å². The number of carbonyl (C=O) groups excluding carboxylic acids is 3. The van der Waals surface area contributed by atoms with E-state index >= 15 is 0 Å². The number of nitrogens with one attached hydrogen (secondary N) is 4. The van der Waals surface area contributed by atoms with Gasteiger partial charge in [0, 0.05) is 12.8 Å². The summed E-state index contributed by atoms with van der Waals surface area (Å²) in [5.74, 6) is -6.57. The Kier molecular flexibility index (Phi) is 10.8. The van der Waals surface area contributed by atoms with Crippen LogP contribution in [0.5, 0.6) is 0 Å². The predicted octanol–water partition coefficient (Wildman–Crippen LogP) is -1.14. The number of carboxylic acids is 3. The van der Waals surface area contributed by atoms with Crippen LogP contribution in [0.4, 0.5) is 0 Å². The molecule has 1 aromatic rings. The zero-order valence-corrected chi connectivity index (χ0v) is 19.4. The largest absolute Gasteiger partial charge is 0.481 e. The lowest BCUT2D eigenvalue weighted by Crippen LogP contribution is -2.57. The molecule has 0 radical (unpaired) electrons. The van der Waals surface area contributed by atoms with Crippen molar-refractivity contribution in [1.29, 1.82) is 0 Å². The first kappa shape index (κ1) is 28.2. The SMILES string of the molecule is O=C(O)CC[C@H](NC(=O)[C@H](Cc1ccccc1)NC(=O)[C@@H]1CCCN1)C(=O)N[C@@H](CC(=O)O)C(=O)O. The van der Waals surface area contributed by atoms with Gasteiger partial charge in [-0.15, -0.1) is 0 Å². The van der Waals surface area contributed by atoms with Gasteiger partial charge in [-0.3, -0.25) is 24.0 Å². The van der Waals surface area contributed by atoms with Gasteiger partial charge in [0.2, 0.25) is 17.7 Å². The molecule has 7 N–H and O–H groups in total. The van der Waals surface area contributed by atoms with Gasteiger partial charge in [0.1, 0.15) is 18.1 Å². The highest BCUT2D eigenvalue weighted by Crippen LogP contribution is 2.09. The Bertz CT molecular complexity index is 964. The second-order valence-electron chi connectivity index (χ2n) is 8.39. The first-order valence-electron chi connectivity index (χ1n) is 11.4. The molecule has 1 fully saturated rings. The first-order valence-corrected chi connectivity index (χ1v) is 11.4. The average Bonchev–Trinajstić information content (AvgIpc) is 3.36. The van der Waals surface area contributed by atoms with E-state index in [2.05, 4.69) is 16.0 Å². The molecule has 2 rings (SSSR count). The summed E-state index contributed by atoms with van der Waals surface area (Å²) < 4.78 is 0. The van der Waals surface area contributed by atoms with E-state index in [0.717, 1.165) is 12.0 Å². The lowest BCUT2D eigenvalue weighted by molar-refractivity contribution is -0.147. The van der Waals surface area contributed by atoms with E-state index in [1.165, 1.54) is 0 Å². The Balaban J connectivity index is 2.20. The Morgan fingerprint density at radius 3 is 2.06 bits per heavy atom. The van der Waals surface area contributed by atoms with Crippen LogP contribution in [-0.2, 0) is 35.2 Å². The highest BCUT2D eigenvalue weighted by Gasteiger charge is 2.32. The quantitative estimate of drug-likeness (QED) is 0.161. The third kappa shape index (κ3) is 9.33. The van der Waals surface area contributed by atoms with Gasteiger partial charge in [0.25, 0.3) is 0 Å². The molecule has 1 aromatic carbocycles. The van der Waals surface area contributed by atoms with Crippen LogP contribution in [0.3, 0.4) is 0 Å². The normalized spacial score (nSPS) is 17.3. The molecule has 13 heteroatoms. The fraction of sp³-hybridized carbons (Fsp3) is 0.478. The Morgan fingerprint density at radius 1 is 0.861 bits per heavy atom. The van der Waals surface area contributed by atoms with Crippen molar-refractivity contribution in [1.82, 2.24) is 21.3 Å². The Morgan fingerprint density at radius 2 is 1.50 bits per heavy atom. The van der Waals surface area contributed by atoms with E-state index in [4.69, 9.17) is 10.2 Å². The van der Waals surface area contributed by atoms with Crippen molar-refractivity contribution < 1.29 is 44.1 Å². The zero-order chi connectivity index (χ0) is 26.7. The number of aliphatic carboxylic acids is 3. The maximum atomic E-state index is 13.2. The van der Waals surface area contributed by atoms with Gasteiger partial charge in [-0.25, -0.2) is 4.79 Å². The smallest absolute Gasteiger partial charge is 0.326 e. The molecule has 196 valence electrons. The van der Waals surface area contributed by atoms with Crippen LogP contribution >= 0.6 is 0 Å². The molecule has 1 heterocycles. The molecule has 3 amide bonds. The summed E-state index contributed by atoms with van der Waals surface area (Å²) in [5, 5.41) is 37.2. The maximum Gasteiger partial charge on any atom is 0.326 e. The molecule has 1 aliphatic heterocycles. The molecule has 4 atom stereocenters. The minimum absolute atomic E-state index is 0.0785. The highest BCUT2D eigenvalue weighted by molar-refractivity contribution is 5.95. The van der Waals surface area contributed by atoms with Crippen molar-refractivity contribution in [3.63, 3.8) is 0 Å². The highest BCUT2D eigenvalue weighted by atomic mass is 16.4. The van der Waals surface area contributed by atoms with E-state index < -0.39 is 72.6 Å². The summed E-state index contributed by atoms with van der Waals surface area (Å²) in [5.41, 5.74) is 0.719. The van der Waals surface area contributed by atoms with Crippen molar-refractivity contribution in [2.24, 2.45) is 0 Å². The average molecular weight is 507 g/mol. The summed E-state index contributed by atoms with van der Waals surface area (Å²) >= 11 is 0. The van der Waals surface area contributed by atoms with E-state index in [9.17, 15) is 33.9 Å². The van der Waals surface area contributed by atoms with Crippen molar-refractivity contribution >= 4 is 35.6 Å². The number of hydrogen-bond acceptors (Lipinski definition) is 7. The predicted molar refractivity (Wildman–Crippen MR) is 124 cm³/mol. The maximum absolute atomic E-state index is 13.2. The van der Waals surface area contributed by atoms with Crippen LogP contribution < -0.4 is 21.3 Å². The summed E-state index contributed by atoms with van der Waals surface area (Å²) in [6.45, 7) is 0.659. The van der Waals surface area contributed by atoms with E-state index in [1.54, 1.807) is 30.3 Å². The van der Waals surface area contributed by atoms with Gasteiger partial charge in [0.15, 0.2) is 0 Å². The Labute approximate surface area is 206 Å². The van der Waals surface area contributed by atoms with Crippen molar-refractivity contribution in [2.75, 3.05) is 6.54 Å². The second kappa shape index (κ2) is 13.8. The summed E-state index contributed by atoms with van der Waals surface area (Å²) in [7, 11) is 0. The third-order valence-corrected chi connectivity index (χ3v) is 5.57. The molecule has 0 aliphatic carbocycles. The fourth-order valence-electron chi connectivity index (χ4n) is 3.70. The van der Waals surface area contributed by atoms with Gasteiger partial charge in [-0.2, -0.15) is 0 Å². The van der Waals surface area contributed by atoms with Crippen LogP contribution in [0, 0.1) is 0 Å². The third-order valence-electron chi connectivity index (χ3n) is 5.57. The van der Waals surface area contributed by atoms with Gasteiger partial charge < -0.3 is 36.6 Å². The molecule has 0 saturated carbocycles.